The van der Waals surface area contributed by atoms with Gasteiger partial charge >= 0.3 is 11.9 Å². The maximum absolute atomic E-state index is 12.6. The molecule has 2 unspecified atom stereocenters. The monoisotopic (exact) mass is 536 g/mol. The predicted molar refractivity (Wildman–Crippen MR) is 156 cm³/mol. The zero-order chi connectivity index (χ0) is 28.5. The Morgan fingerprint density at radius 1 is 0.553 bits per heavy atom. The molecule has 0 aromatic rings. The van der Waals surface area contributed by atoms with Crippen LogP contribution in [0.1, 0.15) is 145 Å². The second-order valence-electron chi connectivity index (χ2n) is 14.8. The van der Waals surface area contributed by atoms with Crippen LogP contribution in [0.5, 0.6) is 0 Å². The highest BCUT2D eigenvalue weighted by Gasteiger charge is 2.38. The van der Waals surface area contributed by atoms with Gasteiger partial charge in [-0.15, -0.1) is 0 Å². The second-order valence-corrected chi connectivity index (χ2v) is 14.8. The standard InChI is InChI=1S/C32H60N2O4/c1-29(2)19-17-25(23-31(5,6)33-29)27(35)37-21-15-13-11-9-10-12-14-16-22-38-28(36)26-18-20-30(3,4)34-32(7,8)24-26/h25-26,33-34H,9-24H2,1-8H3. The summed E-state index contributed by atoms with van der Waals surface area (Å²) in [4.78, 5) is 25.3. The van der Waals surface area contributed by atoms with Crippen LogP contribution in [-0.4, -0.2) is 47.3 Å². The first-order valence-electron chi connectivity index (χ1n) is 15.5. The number of hydrogen-bond acceptors (Lipinski definition) is 6. The van der Waals surface area contributed by atoms with Gasteiger partial charge in [-0.2, -0.15) is 0 Å². The Morgan fingerprint density at radius 2 is 0.868 bits per heavy atom. The molecule has 2 aliphatic heterocycles. The molecule has 0 bridgehead atoms. The third-order valence-corrected chi connectivity index (χ3v) is 8.30. The van der Waals surface area contributed by atoms with Gasteiger partial charge in [-0.05, 0) is 107 Å². The maximum Gasteiger partial charge on any atom is 0.308 e. The van der Waals surface area contributed by atoms with Crippen molar-refractivity contribution in [2.24, 2.45) is 11.8 Å². The minimum absolute atomic E-state index is 0.00159. The van der Waals surface area contributed by atoms with Crippen LogP contribution in [0.3, 0.4) is 0 Å². The fraction of sp³-hybridized carbons (Fsp3) is 0.938. The molecule has 222 valence electrons. The highest BCUT2D eigenvalue weighted by atomic mass is 16.5. The number of esters is 2. The molecule has 6 nitrogen and oxygen atoms in total. The van der Waals surface area contributed by atoms with Crippen molar-refractivity contribution in [3.8, 4) is 0 Å². The Kier molecular flexibility index (Phi) is 12.6. The first-order chi connectivity index (χ1) is 17.6. The molecular weight excluding hydrogens is 476 g/mol. The second kappa shape index (κ2) is 14.5. The molecule has 6 heteroatoms. The molecule has 0 spiro atoms. The van der Waals surface area contributed by atoms with Crippen LogP contribution in [0.2, 0.25) is 0 Å². The lowest BCUT2D eigenvalue weighted by Gasteiger charge is -2.34. The molecule has 0 radical (unpaired) electrons. The van der Waals surface area contributed by atoms with Crippen LogP contribution < -0.4 is 10.6 Å². The van der Waals surface area contributed by atoms with Gasteiger partial charge in [0.05, 0.1) is 25.0 Å². The molecule has 2 N–H and O–H groups in total. The third-order valence-electron chi connectivity index (χ3n) is 8.30. The van der Waals surface area contributed by atoms with E-state index in [-0.39, 0.29) is 45.9 Å². The quantitative estimate of drug-likeness (QED) is 0.193. The van der Waals surface area contributed by atoms with Crippen LogP contribution in [-0.2, 0) is 19.1 Å². The Morgan fingerprint density at radius 3 is 1.21 bits per heavy atom. The molecule has 0 aromatic heterocycles. The Bertz CT molecular complexity index is 682. The topological polar surface area (TPSA) is 76.7 Å². The fourth-order valence-electron chi connectivity index (χ4n) is 6.81. The third kappa shape index (κ3) is 12.8. The van der Waals surface area contributed by atoms with Crippen molar-refractivity contribution < 1.29 is 19.1 Å². The molecule has 2 heterocycles. The summed E-state index contributed by atoms with van der Waals surface area (Å²) in [7, 11) is 0. The van der Waals surface area contributed by atoms with Gasteiger partial charge in [-0.3, -0.25) is 9.59 Å². The first kappa shape index (κ1) is 33.1. The highest BCUT2D eigenvalue weighted by Crippen LogP contribution is 2.33. The zero-order valence-electron chi connectivity index (χ0n) is 26.1. The van der Waals surface area contributed by atoms with Gasteiger partial charge in [-0.25, -0.2) is 0 Å². The van der Waals surface area contributed by atoms with Gasteiger partial charge in [-0.1, -0.05) is 38.5 Å². The van der Waals surface area contributed by atoms with Crippen molar-refractivity contribution in [3.63, 3.8) is 0 Å². The summed E-state index contributed by atoms with van der Waals surface area (Å²) < 4.78 is 11.3. The van der Waals surface area contributed by atoms with Gasteiger partial charge in [0.25, 0.3) is 0 Å². The summed E-state index contributed by atoms with van der Waals surface area (Å²) in [5, 5.41) is 7.37. The van der Waals surface area contributed by atoms with Gasteiger partial charge < -0.3 is 20.1 Å². The predicted octanol–water partition coefficient (Wildman–Crippen LogP) is 7.09. The number of unbranched alkanes of at least 4 members (excludes halogenated alkanes) is 7. The van der Waals surface area contributed by atoms with E-state index in [9.17, 15) is 9.59 Å². The van der Waals surface area contributed by atoms with Crippen molar-refractivity contribution in [2.45, 2.75) is 167 Å². The van der Waals surface area contributed by atoms with E-state index in [0.717, 1.165) is 64.2 Å². The number of ether oxygens (including phenoxy) is 2. The normalized spacial score (nSPS) is 26.1. The first-order valence-corrected chi connectivity index (χ1v) is 15.5. The highest BCUT2D eigenvalue weighted by molar-refractivity contribution is 5.73. The number of hydrogen-bond donors (Lipinski definition) is 2. The molecule has 0 aliphatic carbocycles. The van der Waals surface area contributed by atoms with Crippen LogP contribution in [0.25, 0.3) is 0 Å². The average molecular weight is 537 g/mol. The summed E-state index contributed by atoms with van der Waals surface area (Å²) in [6.45, 7) is 18.7. The minimum atomic E-state index is -0.0491. The lowest BCUT2D eigenvalue weighted by atomic mass is 9.90. The van der Waals surface area contributed by atoms with Crippen LogP contribution >= 0.6 is 0 Å². The van der Waals surface area contributed by atoms with Crippen LogP contribution in [0, 0.1) is 11.8 Å². The molecule has 2 atom stereocenters. The molecule has 38 heavy (non-hydrogen) atoms. The molecule has 0 saturated carbocycles. The van der Waals surface area contributed by atoms with Crippen LogP contribution in [0.4, 0.5) is 0 Å². The number of carbonyl (C=O) groups is 2. The smallest absolute Gasteiger partial charge is 0.308 e. The van der Waals surface area contributed by atoms with Crippen molar-refractivity contribution in [1.29, 1.82) is 0 Å². The van der Waals surface area contributed by atoms with Gasteiger partial charge in [0.2, 0.25) is 0 Å². The van der Waals surface area contributed by atoms with Crippen molar-refractivity contribution >= 4 is 11.9 Å². The maximum atomic E-state index is 12.6. The largest absolute Gasteiger partial charge is 0.465 e. The molecule has 2 saturated heterocycles. The lowest BCUT2D eigenvalue weighted by Crippen LogP contribution is -2.50. The summed E-state index contributed by atoms with van der Waals surface area (Å²) in [6.07, 6.45) is 14.4. The average Bonchev–Trinajstić information content (AvgIpc) is 2.97. The number of carbonyl (C=O) groups excluding carboxylic acids is 2. The Hall–Kier alpha value is -1.14. The Labute approximate surface area is 234 Å². The van der Waals surface area contributed by atoms with E-state index < -0.39 is 0 Å². The van der Waals surface area contributed by atoms with E-state index in [2.05, 4.69) is 66.0 Å². The number of rotatable bonds is 13. The fourth-order valence-corrected chi connectivity index (χ4v) is 6.81. The summed E-state index contributed by atoms with van der Waals surface area (Å²) in [5.41, 5.74) is 0.0217. The van der Waals surface area contributed by atoms with Crippen molar-refractivity contribution in [3.05, 3.63) is 0 Å². The zero-order valence-corrected chi connectivity index (χ0v) is 26.1. The van der Waals surface area contributed by atoms with Gasteiger partial charge in [0, 0.05) is 22.2 Å². The van der Waals surface area contributed by atoms with E-state index in [1.165, 1.54) is 25.7 Å². The lowest BCUT2D eigenvalue weighted by molar-refractivity contribution is -0.150. The van der Waals surface area contributed by atoms with Crippen molar-refractivity contribution in [1.82, 2.24) is 10.6 Å². The number of nitrogens with one attached hydrogen (secondary N) is 2. The van der Waals surface area contributed by atoms with E-state index in [1.54, 1.807) is 0 Å². The van der Waals surface area contributed by atoms with Gasteiger partial charge in [0.1, 0.15) is 0 Å². The summed E-state index contributed by atoms with van der Waals surface area (Å²) >= 11 is 0. The molecule has 2 rings (SSSR count). The molecule has 0 amide bonds. The SMILES string of the molecule is CC1(C)CCC(C(=O)OCCCCCCCCCCOC(=O)C2CCC(C)(C)NC(C)(C)C2)CC(C)(C)N1. The van der Waals surface area contributed by atoms with E-state index in [0.29, 0.717) is 13.2 Å². The Balaban J connectivity index is 1.46. The van der Waals surface area contributed by atoms with Crippen LogP contribution in [0.15, 0.2) is 0 Å². The van der Waals surface area contributed by atoms with E-state index >= 15 is 0 Å². The molecule has 2 fully saturated rings. The molecule has 0 aromatic carbocycles. The van der Waals surface area contributed by atoms with E-state index in [1.807, 2.05) is 0 Å². The molecule has 2 aliphatic rings. The minimum Gasteiger partial charge on any atom is -0.465 e. The van der Waals surface area contributed by atoms with E-state index in [4.69, 9.17) is 9.47 Å². The van der Waals surface area contributed by atoms with Crippen molar-refractivity contribution in [2.75, 3.05) is 13.2 Å². The van der Waals surface area contributed by atoms with Gasteiger partial charge in [0.15, 0.2) is 0 Å². The summed E-state index contributed by atoms with van der Waals surface area (Å²) in [5.74, 6) is -0.0218. The molecular formula is C32H60N2O4. The summed E-state index contributed by atoms with van der Waals surface area (Å²) in [6, 6.07) is 0.